The summed E-state index contributed by atoms with van der Waals surface area (Å²) in [6.07, 6.45) is 3.96. The van der Waals surface area contributed by atoms with Crippen molar-refractivity contribution >= 4 is 29.8 Å². The van der Waals surface area contributed by atoms with E-state index in [9.17, 15) is 9.18 Å². The van der Waals surface area contributed by atoms with Gasteiger partial charge in [-0.25, -0.2) is 19.2 Å². The predicted molar refractivity (Wildman–Crippen MR) is 121 cm³/mol. The van der Waals surface area contributed by atoms with Crippen molar-refractivity contribution in [2.24, 2.45) is 5.10 Å². The van der Waals surface area contributed by atoms with Crippen molar-refractivity contribution in [2.45, 2.75) is 6.10 Å². The molecular formula is C22H22FN7O3. The summed E-state index contributed by atoms with van der Waals surface area (Å²) in [6.45, 7) is 2.22. The first-order valence-electron chi connectivity index (χ1n) is 10.5. The van der Waals surface area contributed by atoms with Crippen LogP contribution in [-0.4, -0.2) is 66.8 Å². The van der Waals surface area contributed by atoms with E-state index in [0.29, 0.717) is 41.6 Å². The molecule has 0 saturated carbocycles. The first-order valence-corrected chi connectivity index (χ1v) is 10.5. The second-order valence-electron chi connectivity index (χ2n) is 7.78. The van der Waals surface area contributed by atoms with E-state index in [-0.39, 0.29) is 0 Å². The lowest BCUT2D eigenvalue weighted by Gasteiger charge is -2.26. The number of hydrogen-bond acceptors (Lipinski definition) is 9. The number of carbonyl (C=O) groups excluding carboxylic acids is 1. The zero-order valence-corrected chi connectivity index (χ0v) is 17.9. The molecule has 1 atom stereocenters. The zero-order chi connectivity index (χ0) is 22.8. The first-order chi connectivity index (χ1) is 16.1. The molecule has 33 heavy (non-hydrogen) atoms. The Kier molecular flexibility index (Phi) is 5.51. The van der Waals surface area contributed by atoms with E-state index >= 15 is 0 Å². The standard InChI is InChI=1S/C22H22FN7O3/c1-28-8-9-30(26-14-28)20-5-2-15(11-24-20)18-4-3-16(10-19(18)23)29-13-17(32-22(29)31)12-25-21-6-7-27-33-21/h2-7,10-11,14,17,25H,8-9,12-13H2,1H3. The Balaban J connectivity index is 1.26. The largest absolute Gasteiger partial charge is 0.442 e. The zero-order valence-electron chi connectivity index (χ0n) is 17.9. The summed E-state index contributed by atoms with van der Waals surface area (Å²) < 4.78 is 25.3. The first kappa shape index (κ1) is 20.7. The summed E-state index contributed by atoms with van der Waals surface area (Å²) in [6, 6.07) is 9.97. The average molecular weight is 451 g/mol. The number of ether oxygens (including phenoxy) is 1. The van der Waals surface area contributed by atoms with E-state index in [1.54, 1.807) is 35.7 Å². The molecular weight excluding hydrogens is 429 g/mol. The van der Waals surface area contributed by atoms with Gasteiger partial charge < -0.3 is 19.5 Å². The van der Waals surface area contributed by atoms with Crippen LogP contribution in [0.3, 0.4) is 0 Å². The summed E-state index contributed by atoms with van der Waals surface area (Å²) >= 11 is 0. The normalized spacial score (nSPS) is 18.1. The number of carbonyl (C=O) groups is 1. The topological polar surface area (TPSA) is 99.3 Å². The number of hydrogen-bond donors (Lipinski definition) is 1. The summed E-state index contributed by atoms with van der Waals surface area (Å²) in [5.74, 6) is 0.736. The fourth-order valence-corrected chi connectivity index (χ4v) is 3.66. The minimum absolute atomic E-state index is 0.292. The van der Waals surface area contributed by atoms with E-state index < -0.39 is 18.0 Å². The van der Waals surface area contributed by atoms with Gasteiger partial charge in [-0.15, -0.1) is 0 Å². The number of rotatable bonds is 6. The van der Waals surface area contributed by atoms with Gasteiger partial charge in [-0.3, -0.25) is 4.90 Å². The van der Waals surface area contributed by atoms with Crippen molar-refractivity contribution in [1.29, 1.82) is 0 Å². The van der Waals surface area contributed by atoms with Crippen molar-refractivity contribution in [1.82, 2.24) is 15.0 Å². The van der Waals surface area contributed by atoms with Gasteiger partial charge in [0.1, 0.15) is 24.1 Å². The molecule has 170 valence electrons. The second-order valence-corrected chi connectivity index (χ2v) is 7.78. The Hall–Kier alpha value is -4.15. The maximum Gasteiger partial charge on any atom is 0.414 e. The third kappa shape index (κ3) is 4.43. The van der Waals surface area contributed by atoms with Gasteiger partial charge in [-0.1, -0.05) is 5.16 Å². The van der Waals surface area contributed by atoms with Gasteiger partial charge in [0.05, 0.1) is 31.5 Å². The number of cyclic esters (lactones) is 1. The number of likely N-dealkylation sites (N-methyl/N-ethyl adjacent to an activating group) is 1. The number of anilines is 3. The van der Waals surface area contributed by atoms with Crippen LogP contribution in [0.25, 0.3) is 11.1 Å². The molecule has 5 rings (SSSR count). The molecule has 1 unspecified atom stereocenters. The number of benzene rings is 1. The average Bonchev–Trinajstić information content (AvgIpc) is 3.48. The number of halogens is 1. The van der Waals surface area contributed by atoms with Crippen molar-refractivity contribution in [3.05, 3.63) is 54.6 Å². The lowest BCUT2D eigenvalue weighted by atomic mass is 10.1. The highest BCUT2D eigenvalue weighted by Gasteiger charge is 2.32. The molecule has 4 heterocycles. The predicted octanol–water partition coefficient (Wildman–Crippen LogP) is 3.01. The molecule has 0 spiro atoms. The van der Waals surface area contributed by atoms with Crippen molar-refractivity contribution in [3.8, 4) is 11.1 Å². The van der Waals surface area contributed by atoms with Gasteiger partial charge in [-0.05, 0) is 30.3 Å². The number of hydrazone groups is 1. The molecule has 1 fully saturated rings. The molecule has 1 N–H and O–H groups in total. The third-order valence-electron chi connectivity index (χ3n) is 5.46. The van der Waals surface area contributed by atoms with Gasteiger partial charge in [0.2, 0.25) is 5.88 Å². The van der Waals surface area contributed by atoms with Gasteiger partial charge in [-0.2, -0.15) is 5.10 Å². The molecule has 0 aliphatic carbocycles. The second kappa shape index (κ2) is 8.77. The third-order valence-corrected chi connectivity index (χ3v) is 5.46. The smallest absolute Gasteiger partial charge is 0.414 e. The highest BCUT2D eigenvalue weighted by Crippen LogP contribution is 2.29. The minimum atomic E-state index is -0.523. The van der Waals surface area contributed by atoms with E-state index in [2.05, 4.69) is 20.6 Å². The van der Waals surface area contributed by atoms with Crippen LogP contribution in [0.2, 0.25) is 0 Å². The van der Waals surface area contributed by atoms with E-state index in [0.717, 1.165) is 13.1 Å². The van der Waals surface area contributed by atoms with Crippen molar-refractivity contribution < 1.29 is 18.4 Å². The van der Waals surface area contributed by atoms with Gasteiger partial charge in [0.15, 0.2) is 0 Å². The van der Waals surface area contributed by atoms with Gasteiger partial charge in [0, 0.05) is 37.0 Å². The quantitative estimate of drug-likeness (QED) is 0.611. The van der Waals surface area contributed by atoms with E-state index in [4.69, 9.17) is 9.26 Å². The molecule has 11 heteroatoms. The van der Waals surface area contributed by atoms with Crippen LogP contribution in [0.1, 0.15) is 0 Å². The fraction of sp³-hybridized carbons (Fsp3) is 0.273. The van der Waals surface area contributed by atoms with Crippen LogP contribution >= 0.6 is 0 Å². The van der Waals surface area contributed by atoms with Crippen LogP contribution < -0.4 is 15.2 Å². The molecule has 2 aromatic heterocycles. The van der Waals surface area contributed by atoms with E-state index in [1.165, 1.54) is 17.2 Å². The molecule has 1 aromatic carbocycles. The molecule has 2 aliphatic heterocycles. The number of aromatic nitrogens is 2. The minimum Gasteiger partial charge on any atom is -0.442 e. The van der Waals surface area contributed by atoms with Crippen LogP contribution in [0.15, 0.2) is 58.4 Å². The Morgan fingerprint density at radius 2 is 2.12 bits per heavy atom. The summed E-state index contributed by atoms with van der Waals surface area (Å²) in [5.41, 5.74) is 1.47. The number of nitrogens with zero attached hydrogens (tertiary/aromatic N) is 6. The number of amides is 1. The maximum atomic E-state index is 15.0. The number of pyridine rings is 1. The molecule has 10 nitrogen and oxygen atoms in total. The SMILES string of the molecule is CN1C=NN(c2ccc(-c3ccc(N4CC(CNc5ccno5)OC4=O)cc3F)cn2)CC1. The highest BCUT2D eigenvalue weighted by molar-refractivity contribution is 5.90. The van der Waals surface area contributed by atoms with Crippen molar-refractivity contribution in [3.63, 3.8) is 0 Å². The Labute approximate surface area is 189 Å². The summed E-state index contributed by atoms with van der Waals surface area (Å²) in [5, 5.41) is 12.7. The molecule has 1 saturated heterocycles. The van der Waals surface area contributed by atoms with Crippen LogP contribution in [0, 0.1) is 5.82 Å². The molecule has 2 aliphatic rings. The Morgan fingerprint density at radius 1 is 1.21 bits per heavy atom. The van der Waals surface area contributed by atoms with Crippen LogP contribution in [-0.2, 0) is 4.74 Å². The Morgan fingerprint density at radius 3 is 2.82 bits per heavy atom. The molecule has 1 amide bonds. The lowest BCUT2D eigenvalue weighted by Crippen LogP contribution is -2.35. The van der Waals surface area contributed by atoms with Gasteiger partial charge >= 0.3 is 6.09 Å². The van der Waals surface area contributed by atoms with Crippen LogP contribution in [0.5, 0.6) is 0 Å². The highest BCUT2D eigenvalue weighted by atomic mass is 19.1. The monoisotopic (exact) mass is 451 g/mol. The van der Waals surface area contributed by atoms with Crippen molar-refractivity contribution in [2.75, 3.05) is 48.5 Å². The molecule has 3 aromatic rings. The van der Waals surface area contributed by atoms with Gasteiger partial charge in [0.25, 0.3) is 0 Å². The summed E-state index contributed by atoms with van der Waals surface area (Å²) in [4.78, 5) is 20.1. The number of nitrogens with one attached hydrogen (secondary N) is 1. The maximum absolute atomic E-state index is 15.0. The van der Waals surface area contributed by atoms with E-state index in [1.807, 2.05) is 24.1 Å². The molecule has 0 bridgehead atoms. The van der Waals surface area contributed by atoms with Crippen LogP contribution in [0.4, 0.5) is 26.6 Å². The summed E-state index contributed by atoms with van der Waals surface area (Å²) in [7, 11) is 1.96. The Bertz CT molecular complexity index is 1150. The molecule has 0 radical (unpaired) electrons. The fourth-order valence-electron chi connectivity index (χ4n) is 3.66. The lowest BCUT2D eigenvalue weighted by molar-refractivity contribution is 0.146.